The molecule has 13 heavy (non-hydrogen) atoms. The lowest BCUT2D eigenvalue weighted by Crippen LogP contribution is -2.26. The van der Waals surface area contributed by atoms with E-state index in [1.165, 1.54) is 19.3 Å². The topological polar surface area (TPSA) is 26.3 Å². The smallest absolute Gasteiger partial charge is 0.312 e. The summed E-state index contributed by atoms with van der Waals surface area (Å²) in [5, 5.41) is 0. The third-order valence-electron chi connectivity index (χ3n) is 5.51. The fraction of sp³-hybridized carbons (Fsp3) is 0.909. The van der Waals surface area contributed by atoms with Crippen LogP contribution in [0.1, 0.15) is 19.3 Å². The summed E-state index contributed by atoms with van der Waals surface area (Å²) in [5.74, 6) is 4.16. The molecule has 5 saturated carbocycles. The molecular formula is C11H14O2. The van der Waals surface area contributed by atoms with Gasteiger partial charge in [-0.15, -0.1) is 0 Å². The van der Waals surface area contributed by atoms with E-state index in [4.69, 9.17) is 4.74 Å². The second-order valence-electron chi connectivity index (χ2n) is 5.30. The van der Waals surface area contributed by atoms with Crippen LogP contribution in [0.15, 0.2) is 0 Å². The van der Waals surface area contributed by atoms with Crippen LogP contribution in [0, 0.1) is 35.0 Å². The third-order valence-corrected chi connectivity index (χ3v) is 5.51. The highest BCUT2D eigenvalue weighted by Gasteiger charge is 2.88. The number of carbonyl (C=O) groups excluding carboxylic acids is 1. The normalized spacial score (nSPS) is 64.2. The Balaban J connectivity index is 1.84. The van der Waals surface area contributed by atoms with Gasteiger partial charge in [0.25, 0.3) is 0 Å². The molecule has 0 aliphatic heterocycles. The second kappa shape index (κ2) is 1.67. The van der Waals surface area contributed by atoms with Crippen molar-refractivity contribution in [3.63, 3.8) is 0 Å². The maximum atomic E-state index is 11.8. The molecule has 5 aliphatic rings. The number of hydrogen-bond acceptors (Lipinski definition) is 2. The first-order valence-corrected chi connectivity index (χ1v) is 5.40. The molecule has 3 unspecified atom stereocenters. The van der Waals surface area contributed by atoms with E-state index in [0.717, 1.165) is 29.6 Å². The Morgan fingerprint density at radius 3 is 2.77 bits per heavy atom. The van der Waals surface area contributed by atoms with Crippen LogP contribution < -0.4 is 0 Å². The van der Waals surface area contributed by atoms with Crippen molar-refractivity contribution in [1.82, 2.24) is 0 Å². The largest absolute Gasteiger partial charge is 0.469 e. The molecule has 70 valence electrons. The van der Waals surface area contributed by atoms with Crippen LogP contribution in [0.5, 0.6) is 0 Å². The van der Waals surface area contributed by atoms with Gasteiger partial charge in [-0.05, 0) is 48.9 Å². The van der Waals surface area contributed by atoms with Crippen molar-refractivity contribution in [1.29, 1.82) is 0 Å². The van der Waals surface area contributed by atoms with Crippen LogP contribution in [0.25, 0.3) is 0 Å². The van der Waals surface area contributed by atoms with Crippen molar-refractivity contribution in [2.75, 3.05) is 7.11 Å². The third kappa shape index (κ3) is 0.438. The van der Waals surface area contributed by atoms with Crippen molar-refractivity contribution in [2.45, 2.75) is 19.3 Å². The number of carbonyl (C=O) groups is 1. The predicted octanol–water partition coefficient (Wildman–Crippen LogP) is 1.45. The zero-order valence-electron chi connectivity index (χ0n) is 7.82. The lowest BCUT2D eigenvalue weighted by atomic mass is 9.87. The first-order valence-electron chi connectivity index (χ1n) is 5.40. The van der Waals surface area contributed by atoms with Crippen LogP contribution in [0.2, 0.25) is 0 Å². The zero-order valence-corrected chi connectivity index (χ0v) is 7.82. The maximum Gasteiger partial charge on any atom is 0.312 e. The van der Waals surface area contributed by atoms with Gasteiger partial charge in [0, 0.05) is 0 Å². The monoisotopic (exact) mass is 178 g/mol. The molecule has 2 nitrogen and oxygen atoms in total. The van der Waals surface area contributed by atoms with E-state index in [2.05, 4.69) is 0 Å². The first-order chi connectivity index (χ1) is 6.31. The van der Waals surface area contributed by atoms with Crippen LogP contribution in [-0.4, -0.2) is 13.1 Å². The number of esters is 1. The van der Waals surface area contributed by atoms with Gasteiger partial charge in [-0.25, -0.2) is 0 Å². The molecule has 0 N–H and O–H groups in total. The standard InChI is InChI=1S/C11H14O2/c1-13-10(12)11-7-3-2-5-6(7)4-8(11)9(5)11/h5-9H,2-4H2,1H3/t5-,6?,7+,8?,9?,11-/m1/s1. The highest BCUT2D eigenvalue weighted by Crippen LogP contribution is 2.88. The average Bonchev–Trinajstić information content (AvgIpc) is 2.59. The molecule has 6 bridgehead atoms. The maximum absolute atomic E-state index is 11.8. The Morgan fingerprint density at radius 1 is 1.31 bits per heavy atom. The minimum Gasteiger partial charge on any atom is -0.469 e. The lowest BCUT2D eigenvalue weighted by molar-refractivity contribution is -0.149. The van der Waals surface area contributed by atoms with Gasteiger partial charge in [-0.2, -0.15) is 0 Å². The van der Waals surface area contributed by atoms with E-state index in [0.29, 0.717) is 0 Å². The van der Waals surface area contributed by atoms with Crippen molar-refractivity contribution in [3.05, 3.63) is 0 Å². The van der Waals surface area contributed by atoms with Crippen LogP contribution in [-0.2, 0) is 9.53 Å². The molecule has 0 saturated heterocycles. The summed E-state index contributed by atoms with van der Waals surface area (Å²) in [5.41, 5.74) is 0.0579. The van der Waals surface area contributed by atoms with E-state index in [1.54, 1.807) is 7.11 Å². The fourth-order valence-corrected chi connectivity index (χ4v) is 5.41. The summed E-state index contributed by atoms with van der Waals surface area (Å²) in [6, 6.07) is 0. The Hall–Kier alpha value is -0.530. The zero-order chi connectivity index (χ0) is 8.79. The van der Waals surface area contributed by atoms with Gasteiger partial charge < -0.3 is 4.74 Å². The molecule has 0 spiro atoms. The van der Waals surface area contributed by atoms with Crippen LogP contribution in [0.4, 0.5) is 0 Å². The summed E-state index contributed by atoms with van der Waals surface area (Å²) in [6.07, 6.45) is 4.04. The molecule has 0 heterocycles. The van der Waals surface area contributed by atoms with Gasteiger partial charge in [-0.1, -0.05) is 0 Å². The second-order valence-corrected chi connectivity index (χ2v) is 5.30. The van der Waals surface area contributed by atoms with Gasteiger partial charge in [0.2, 0.25) is 0 Å². The van der Waals surface area contributed by atoms with Crippen molar-refractivity contribution in [2.24, 2.45) is 35.0 Å². The van der Waals surface area contributed by atoms with Gasteiger partial charge in [0.05, 0.1) is 12.5 Å². The van der Waals surface area contributed by atoms with E-state index < -0.39 is 0 Å². The molecular weight excluding hydrogens is 164 g/mol. The molecule has 2 heteroatoms. The Kier molecular flexibility index (Phi) is 0.879. The Morgan fingerprint density at radius 2 is 2.15 bits per heavy atom. The molecule has 0 radical (unpaired) electrons. The van der Waals surface area contributed by atoms with Gasteiger partial charge in [0.15, 0.2) is 0 Å². The molecule has 0 aromatic rings. The molecule has 5 aliphatic carbocycles. The number of hydrogen-bond donors (Lipinski definition) is 0. The lowest BCUT2D eigenvalue weighted by Gasteiger charge is -2.19. The number of rotatable bonds is 1. The Bertz CT molecular complexity index is 311. The minimum atomic E-state index is 0.0579. The SMILES string of the molecule is COC(=O)[C@@]12C3CC4[C@@H](CC[C@@H]41)C32. The number of ether oxygens (including phenoxy) is 1. The van der Waals surface area contributed by atoms with Crippen molar-refractivity contribution in [3.8, 4) is 0 Å². The molecule has 0 aromatic heterocycles. The quantitative estimate of drug-likeness (QED) is 0.568. The van der Waals surface area contributed by atoms with Crippen molar-refractivity contribution < 1.29 is 9.53 Å². The molecule has 0 aromatic carbocycles. The number of methoxy groups -OCH3 is 1. The highest BCUT2D eigenvalue weighted by molar-refractivity contribution is 5.84. The fourth-order valence-electron chi connectivity index (χ4n) is 5.41. The predicted molar refractivity (Wildman–Crippen MR) is 45.8 cm³/mol. The minimum absolute atomic E-state index is 0.0579. The molecule has 0 amide bonds. The molecule has 5 rings (SSSR count). The average molecular weight is 178 g/mol. The van der Waals surface area contributed by atoms with Gasteiger partial charge in [0.1, 0.15) is 0 Å². The Labute approximate surface area is 77.6 Å². The van der Waals surface area contributed by atoms with Crippen LogP contribution in [0.3, 0.4) is 0 Å². The van der Waals surface area contributed by atoms with Crippen LogP contribution >= 0.6 is 0 Å². The van der Waals surface area contributed by atoms with E-state index in [-0.39, 0.29) is 11.4 Å². The van der Waals surface area contributed by atoms with E-state index in [1.807, 2.05) is 0 Å². The summed E-state index contributed by atoms with van der Waals surface area (Å²) in [4.78, 5) is 11.8. The molecule has 6 atom stereocenters. The van der Waals surface area contributed by atoms with Crippen molar-refractivity contribution >= 4 is 5.97 Å². The molecule has 5 fully saturated rings. The van der Waals surface area contributed by atoms with E-state index in [9.17, 15) is 4.79 Å². The van der Waals surface area contributed by atoms with Gasteiger partial charge >= 0.3 is 5.97 Å². The van der Waals surface area contributed by atoms with E-state index >= 15 is 0 Å². The summed E-state index contributed by atoms with van der Waals surface area (Å²) in [6.45, 7) is 0. The summed E-state index contributed by atoms with van der Waals surface area (Å²) < 4.78 is 4.99. The highest BCUT2D eigenvalue weighted by atomic mass is 16.5. The summed E-state index contributed by atoms with van der Waals surface area (Å²) in [7, 11) is 1.55. The first kappa shape index (κ1) is 6.86. The summed E-state index contributed by atoms with van der Waals surface area (Å²) >= 11 is 0. The van der Waals surface area contributed by atoms with Gasteiger partial charge in [-0.3, -0.25) is 4.79 Å².